The highest BCUT2D eigenvalue weighted by Gasteiger charge is 2.37. The molecule has 0 heterocycles. The first-order valence-electron chi connectivity index (χ1n) is 8.39. The molecule has 2 N–H and O–H groups in total. The standard InChI is InChI=1S/C19H23NO4S/c1-3-24-17-9-8-14(2)12-18(17)25(22,23)20-13-19(21)11-10-15-6-4-5-7-16(15)19/h4-9,12,20-21H,3,10-11,13H2,1-2H3. The number of sulfonamides is 1. The Hall–Kier alpha value is -1.89. The van der Waals surface area contributed by atoms with E-state index in [0.29, 0.717) is 18.8 Å². The van der Waals surface area contributed by atoms with E-state index in [0.717, 1.165) is 23.1 Å². The van der Waals surface area contributed by atoms with Crippen LogP contribution in [0.1, 0.15) is 30.0 Å². The Kier molecular flexibility index (Phi) is 4.86. The Morgan fingerprint density at radius 1 is 1.24 bits per heavy atom. The van der Waals surface area contributed by atoms with Crippen molar-refractivity contribution in [3.63, 3.8) is 0 Å². The normalized spacial score (nSPS) is 19.6. The van der Waals surface area contributed by atoms with Crippen LogP contribution < -0.4 is 9.46 Å². The second-order valence-electron chi connectivity index (χ2n) is 6.40. The molecule has 1 unspecified atom stereocenters. The number of nitrogens with one attached hydrogen (secondary N) is 1. The van der Waals surface area contributed by atoms with Gasteiger partial charge in [-0.2, -0.15) is 0 Å². The monoisotopic (exact) mass is 361 g/mol. The Morgan fingerprint density at radius 2 is 2.00 bits per heavy atom. The lowest BCUT2D eigenvalue weighted by Gasteiger charge is -2.24. The molecular formula is C19H23NO4S. The molecule has 1 aliphatic carbocycles. The molecule has 1 atom stereocenters. The van der Waals surface area contributed by atoms with Crippen molar-refractivity contribution in [2.75, 3.05) is 13.2 Å². The number of hydrogen-bond acceptors (Lipinski definition) is 4. The highest BCUT2D eigenvalue weighted by Crippen LogP contribution is 2.36. The van der Waals surface area contributed by atoms with E-state index in [-0.39, 0.29) is 11.4 Å². The number of aliphatic hydroxyl groups is 1. The van der Waals surface area contributed by atoms with Gasteiger partial charge in [-0.15, -0.1) is 0 Å². The third-order valence-electron chi connectivity index (χ3n) is 4.57. The predicted octanol–water partition coefficient (Wildman–Crippen LogP) is 2.51. The van der Waals surface area contributed by atoms with Gasteiger partial charge in [0.25, 0.3) is 0 Å². The fraction of sp³-hybridized carbons (Fsp3) is 0.368. The highest BCUT2D eigenvalue weighted by atomic mass is 32.2. The van der Waals surface area contributed by atoms with Crippen LogP contribution >= 0.6 is 0 Å². The van der Waals surface area contributed by atoms with Crippen molar-refractivity contribution in [1.82, 2.24) is 4.72 Å². The molecule has 6 heteroatoms. The van der Waals surface area contributed by atoms with Crippen molar-refractivity contribution in [3.05, 3.63) is 59.2 Å². The van der Waals surface area contributed by atoms with Crippen molar-refractivity contribution < 1.29 is 18.3 Å². The van der Waals surface area contributed by atoms with Gasteiger partial charge in [0.05, 0.1) is 6.61 Å². The Bertz CT molecular complexity index is 879. The lowest BCUT2D eigenvalue weighted by Crippen LogP contribution is -2.39. The molecule has 0 amide bonds. The van der Waals surface area contributed by atoms with E-state index in [9.17, 15) is 13.5 Å². The van der Waals surface area contributed by atoms with E-state index in [1.807, 2.05) is 44.2 Å². The first kappa shape index (κ1) is 17.9. The molecule has 2 aromatic carbocycles. The summed E-state index contributed by atoms with van der Waals surface area (Å²) >= 11 is 0. The molecule has 2 aromatic rings. The molecule has 25 heavy (non-hydrogen) atoms. The third kappa shape index (κ3) is 3.56. The van der Waals surface area contributed by atoms with Crippen molar-refractivity contribution in [3.8, 4) is 5.75 Å². The topological polar surface area (TPSA) is 75.6 Å². The van der Waals surface area contributed by atoms with Gasteiger partial charge < -0.3 is 9.84 Å². The summed E-state index contributed by atoms with van der Waals surface area (Å²) in [4.78, 5) is 0.101. The number of ether oxygens (including phenoxy) is 1. The van der Waals surface area contributed by atoms with Crippen LogP contribution in [0.3, 0.4) is 0 Å². The van der Waals surface area contributed by atoms with Gasteiger partial charge in [0, 0.05) is 6.54 Å². The van der Waals surface area contributed by atoms with Gasteiger partial charge in [0.2, 0.25) is 10.0 Å². The van der Waals surface area contributed by atoms with Crippen LogP contribution in [-0.2, 0) is 22.0 Å². The fourth-order valence-electron chi connectivity index (χ4n) is 3.24. The van der Waals surface area contributed by atoms with Gasteiger partial charge in [0.1, 0.15) is 16.2 Å². The minimum atomic E-state index is -3.80. The molecule has 0 spiro atoms. The third-order valence-corrected chi connectivity index (χ3v) is 5.99. The predicted molar refractivity (Wildman–Crippen MR) is 96.2 cm³/mol. The summed E-state index contributed by atoms with van der Waals surface area (Å²) < 4.78 is 33.6. The average molecular weight is 361 g/mol. The minimum absolute atomic E-state index is 0.0636. The first-order chi connectivity index (χ1) is 11.9. The number of aryl methyl sites for hydroxylation is 2. The molecule has 0 aliphatic heterocycles. The number of hydrogen-bond donors (Lipinski definition) is 2. The summed E-state index contributed by atoms with van der Waals surface area (Å²) in [5, 5.41) is 10.9. The molecule has 0 saturated heterocycles. The minimum Gasteiger partial charge on any atom is -0.492 e. The molecule has 0 saturated carbocycles. The molecular weight excluding hydrogens is 338 g/mol. The zero-order valence-electron chi connectivity index (χ0n) is 14.5. The fourth-order valence-corrected chi connectivity index (χ4v) is 4.56. The molecule has 0 bridgehead atoms. The number of fused-ring (bicyclic) bond motifs is 1. The number of rotatable bonds is 6. The zero-order chi connectivity index (χ0) is 18.1. The quantitative estimate of drug-likeness (QED) is 0.829. The summed E-state index contributed by atoms with van der Waals surface area (Å²) in [6, 6.07) is 12.7. The Morgan fingerprint density at radius 3 is 2.76 bits per heavy atom. The van der Waals surface area contributed by atoms with Crippen molar-refractivity contribution in [1.29, 1.82) is 0 Å². The Balaban J connectivity index is 1.85. The van der Waals surface area contributed by atoms with Gasteiger partial charge in [-0.05, 0) is 55.5 Å². The van der Waals surface area contributed by atoms with Crippen LogP contribution in [0.5, 0.6) is 5.75 Å². The van der Waals surface area contributed by atoms with Crippen molar-refractivity contribution in [2.24, 2.45) is 0 Å². The second kappa shape index (κ2) is 6.78. The van der Waals surface area contributed by atoms with Gasteiger partial charge in [-0.3, -0.25) is 0 Å². The average Bonchev–Trinajstić information content (AvgIpc) is 2.93. The SMILES string of the molecule is CCOc1ccc(C)cc1S(=O)(=O)NCC1(O)CCc2ccccc21. The van der Waals surface area contributed by atoms with E-state index in [1.54, 1.807) is 12.1 Å². The van der Waals surface area contributed by atoms with E-state index < -0.39 is 15.6 Å². The van der Waals surface area contributed by atoms with E-state index in [1.165, 1.54) is 0 Å². The smallest absolute Gasteiger partial charge is 0.244 e. The Labute approximate surface area is 148 Å². The van der Waals surface area contributed by atoms with Crippen LogP contribution in [-0.4, -0.2) is 26.7 Å². The maximum absolute atomic E-state index is 12.8. The summed E-state index contributed by atoms with van der Waals surface area (Å²) in [7, 11) is -3.80. The van der Waals surface area contributed by atoms with Crippen LogP contribution in [0.2, 0.25) is 0 Å². The maximum atomic E-state index is 12.8. The largest absolute Gasteiger partial charge is 0.492 e. The summed E-state index contributed by atoms with van der Waals surface area (Å²) in [5.74, 6) is 0.319. The van der Waals surface area contributed by atoms with Crippen LogP contribution in [0.25, 0.3) is 0 Å². The van der Waals surface area contributed by atoms with Gasteiger partial charge in [-0.1, -0.05) is 30.3 Å². The molecule has 5 nitrogen and oxygen atoms in total. The molecule has 1 aliphatic rings. The van der Waals surface area contributed by atoms with Gasteiger partial charge in [-0.25, -0.2) is 13.1 Å². The van der Waals surface area contributed by atoms with Gasteiger partial charge >= 0.3 is 0 Å². The molecule has 0 aromatic heterocycles. The van der Waals surface area contributed by atoms with E-state index in [2.05, 4.69) is 4.72 Å². The summed E-state index contributed by atoms with van der Waals surface area (Å²) in [6.45, 7) is 3.95. The molecule has 0 radical (unpaired) electrons. The molecule has 3 rings (SSSR count). The van der Waals surface area contributed by atoms with Crippen molar-refractivity contribution in [2.45, 2.75) is 37.2 Å². The zero-order valence-corrected chi connectivity index (χ0v) is 15.3. The molecule has 134 valence electrons. The summed E-state index contributed by atoms with van der Waals surface area (Å²) in [5.41, 5.74) is 1.51. The van der Waals surface area contributed by atoms with E-state index in [4.69, 9.17) is 4.74 Å². The van der Waals surface area contributed by atoms with Gasteiger partial charge in [0.15, 0.2) is 0 Å². The number of benzene rings is 2. The van der Waals surface area contributed by atoms with Crippen LogP contribution in [0.4, 0.5) is 0 Å². The lowest BCUT2D eigenvalue weighted by atomic mass is 9.96. The maximum Gasteiger partial charge on any atom is 0.244 e. The second-order valence-corrected chi connectivity index (χ2v) is 8.13. The summed E-state index contributed by atoms with van der Waals surface area (Å²) in [6.07, 6.45) is 1.24. The highest BCUT2D eigenvalue weighted by molar-refractivity contribution is 7.89. The first-order valence-corrected chi connectivity index (χ1v) is 9.88. The van der Waals surface area contributed by atoms with Crippen LogP contribution in [0.15, 0.2) is 47.4 Å². The van der Waals surface area contributed by atoms with Crippen LogP contribution in [0, 0.1) is 6.92 Å². The van der Waals surface area contributed by atoms with E-state index >= 15 is 0 Å². The van der Waals surface area contributed by atoms with Crippen molar-refractivity contribution >= 4 is 10.0 Å². The molecule has 0 fully saturated rings. The lowest BCUT2D eigenvalue weighted by molar-refractivity contribution is 0.0442.